The first kappa shape index (κ1) is 10.2. The van der Waals surface area contributed by atoms with Crippen LogP contribution in [0, 0.1) is 17.2 Å². The van der Waals surface area contributed by atoms with E-state index < -0.39 is 0 Å². The molecule has 1 unspecified atom stereocenters. The lowest BCUT2D eigenvalue weighted by atomic mass is 9.80. The van der Waals surface area contributed by atoms with Gasteiger partial charge in [-0.25, -0.2) is 0 Å². The zero-order chi connectivity index (χ0) is 10.8. The molecule has 1 aromatic rings. The van der Waals surface area contributed by atoms with Gasteiger partial charge in [-0.3, -0.25) is 0 Å². The van der Waals surface area contributed by atoms with E-state index in [0.29, 0.717) is 17.4 Å². The molecule has 0 bridgehead atoms. The molecule has 0 spiro atoms. The highest BCUT2D eigenvalue weighted by molar-refractivity contribution is 7.10. The molecule has 4 nitrogen and oxygen atoms in total. The molecule has 15 heavy (non-hydrogen) atoms. The van der Waals surface area contributed by atoms with E-state index in [-0.39, 0.29) is 0 Å². The second-order valence-corrected chi connectivity index (χ2v) is 4.78. The third-order valence-corrected chi connectivity index (χ3v) is 3.84. The molecule has 1 fully saturated rings. The van der Waals surface area contributed by atoms with Crippen molar-refractivity contribution in [3.63, 3.8) is 0 Å². The van der Waals surface area contributed by atoms with Gasteiger partial charge in [-0.05, 0) is 37.2 Å². The van der Waals surface area contributed by atoms with Crippen LogP contribution in [0.3, 0.4) is 0 Å². The van der Waals surface area contributed by atoms with Crippen molar-refractivity contribution in [2.75, 3.05) is 11.1 Å². The molecule has 1 aliphatic rings. The quantitative estimate of drug-likeness (QED) is 0.822. The van der Waals surface area contributed by atoms with Crippen molar-refractivity contribution in [3.05, 3.63) is 5.56 Å². The van der Waals surface area contributed by atoms with Crippen LogP contribution in [-0.4, -0.2) is 10.4 Å². The summed E-state index contributed by atoms with van der Waals surface area (Å²) in [5.74, 6) is 1.07. The van der Waals surface area contributed by atoms with Gasteiger partial charge in [0.25, 0.3) is 0 Å². The Balaban J connectivity index is 2.06. The van der Waals surface area contributed by atoms with Gasteiger partial charge in [0.2, 0.25) is 0 Å². The second kappa shape index (κ2) is 4.07. The van der Waals surface area contributed by atoms with E-state index in [9.17, 15) is 0 Å². The number of hydrogen-bond donors (Lipinski definition) is 2. The van der Waals surface area contributed by atoms with Gasteiger partial charge in [0.1, 0.15) is 16.6 Å². The number of hydrogen-bond acceptors (Lipinski definition) is 5. The number of anilines is 2. The lowest BCUT2D eigenvalue weighted by Crippen LogP contribution is -2.30. The standard InChI is InChI=1S/C10H14N4S/c1-6(7-3-2-4-7)13-10-8(5-11)9(12)14-15-10/h6-7,13H,2-4H2,1H3,(H2,12,14). The minimum Gasteiger partial charge on any atom is -0.382 e. The molecule has 80 valence electrons. The van der Waals surface area contributed by atoms with E-state index in [1.807, 2.05) is 0 Å². The summed E-state index contributed by atoms with van der Waals surface area (Å²) in [6.45, 7) is 2.15. The molecule has 1 atom stereocenters. The van der Waals surface area contributed by atoms with Crippen LogP contribution < -0.4 is 11.1 Å². The fourth-order valence-corrected chi connectivity index (χ4v) is 2.53. The summed E-state index contributed by atoms with van der Waals surface area (Å²) in [6.07, 6.45) is 3.89. The summed E-state index contributed by atoms with van der Waals surface area (Å²) < 4.78 is 3.98. The van der Waals surface area contributed by atoms with Gasteiger partial charge < -0.3 is 11.1 Å². The minimum absolute atomic E-state index is 0.339. The first-order chi connectivity index (χ1) is 7.22. The van der Waals surface area contributed by atoms with Crippen molar-refractivity contribution >= 4 is 22.4 Å². The molecule has 0 aromatic carbocycles. The number of nitrogens with two attached hydrogens (primary N) is 1. The number of rotatable bonds is 3. The Morgan fingerprint density at radius 3 is 2.93 bits per heavy atom. The third kappa shape index (κ3) is 1.90. The predicted octanol–water partition coefficient (Wildman–Crippen LogP) is 2.20. The van der Waals surface area contributed by atoms with Gasteiger partial charge in [0.15, 0.2) is 5.82 Å². The van der Waals surface area contributed by atoms with Crippen LogP contribution in [0.15, 0.2) is 0 Å². The molecule has 0 aliphatic heterocycles. The van der Waals surface area contributed by atoms with Crippen LogP contribution in [0.25, 0.3) is 0 Å². The lowest BCUT2D eigenvalue weighted by molar-refractivity contribution is 0.285. The Bertz CT molecular complexity index is 389. The molecule has 1 heterocycles. The van der Waals surface area contributed by atoms with Gasteiger partial charge in [0, 0.05) is 6.04 Å². The Morgan fingerprint density at radius 2 is 2.40 bits per heavy atom. The zero-order valence-electron chi connectivity index (χ0n) is 8.66. The van der Waals surface area contributed by atoms with E-state index in [2.05, 4.69) is 22.7 Å². The van der Waals surface area contributed by atoms with Crippen LogP contribution in [0.2, 0.25) is 0 Å². The summed E-state index contributed by atoms with van der Waals surface area (Å²) in [5.41, 5.74) is 6.08. The number of nitrogens with zero attached hydrogens (tertiary/aromatic N) is 2. The Labute approximate surface area is 93.3 Å². The number of nitriles is 1. The van der Waals surface area contributed by atoms with Crippen molar-refractivity contribution < 1.29 is 0 Å². The van der Waals surface area contributed by atoms with Crippen molar-refractivity contribution in [1.29, 1.82) is 5.26 Å². The van der Waals surface area contributed by atoms with E-state index in [1.54, 1.807) is 0 Å². The monoisotopic (exact) mass is 222 g/mol. The molecule has 3 N–H and O–H groups in total. The smallest absolute Gasteiger partial charge is 0.157 e. The van der Waals surface area contributed by atoms with Crippen molar-refractivity contribution in [2.24, 2.45) is 5.92 Å². The maximum absolute atomic E-state index is 8.91. The van der Waals surface area contributed by atoms with Crippen LogP contribution in [-0.2, 0) is 0 Å². The number of aromatic nitrogens is 1. The Morgan fingerprint density at radius 1 is 1.67 bits per heavy atom. The molecule has 0 amide bonds. The Kier molecular flexibility index (Phi) is 2.78. The summed E-state index contributed by atoms with van der Waals surface area (Å²) in [6, 6.07) is 2.49. The van der Waals surface area contributed by atoms with E-state index in [4.69, 9.17) is 11.0 Å². The summed E-state index contributed by atoms with van der Waals surface area (Å²) in [5, 5.41) is 13.1. The highest BCUT2D eigenvalue weighted by Gasteiger charge is 2.25. The highest BCUT2D eigenvalue weighted by Crippen LogP contribution is 2.33. The minimum atomic E-state index is 0.339. The fraction of sp³-hybridized carbons (Fsp3) is 0.600. The topological polar surface area (TPSA) is 74.7 Å². The fourth-order valence-electron chi connectivity index (χ4n) is 1.77. The predicted molar refractivity (Wildman–Crippen MR) is 61.7 cm³/mol. The normalized spacial score (nSPS) is 17.9. The first-order valence-corrected chi connectivity index (χ1v) is 5.91. The van der Waals surface area contributed by atoms with Gasteiger partial charge in [0.05, 0.1) is 0 Å². The third-order valence-electron chi connectivity index (χ3n) is 3.05. The molecule has 1 saturated carbocycles. The highest BCUT2D eigenvalue weighted by atomic mass is 32.1. The van der Waals surface area contributed by atoms with E-state index in [0.717, 1.165) is 10.9 Å². The molecular weight excluding hydrogens is 208 g/mol. The van der Waals surface area contributed by atoms with Crippen molar-refractivity contribution in [3.8, 4) is 6.07 Å². The van der Waals surface area contributed by atoms with Crippen LogP contribution >= 0.6 is 11.5 Å². The van der Waals surface area contributed by atoms with Crippen molar-refractivity contribution in [1.82, 2.24) is 4.37 Å². The molecule has 0 saturated heterocycles. The molecule has 1 aliphatic carbocycles. The lowest BCUT2D eigenvalue weighted by Gasteiger charge is -2.32. The van der Waals surface area contributed by atoms with Crippen molar-refractivity contribution in [2.45, 2.75) is 32.2 Å². The summed E-state index contributed by atoms with van der Waals surface area (Å²) in [7, 11) is 0. The first-order valence-electron chi connectivity index (χ1n) is 5.14. The zero-order valence-corrected chi connectivity index (χ0v) is 9.47. The molecule has 0 radical (unpaired) electrons. The van der Waals surface area contributed by atoms with E-state index >= 15 is 0 Å². The largest absolute Gasteiger partial charge is 0.382 e. The molecule has 2 rings (SSSR count). The average molecular weight is 222 g/mol. The summed E-state index contributed by atoms with van der Waals surface area (Å²) in [4.78, 5) is 0. The molecule has 1 aromatic heterocycles. The maximum Gasteiger partial charge on any atom is 0.157 e. The summed E-state index contributed by atoms with van der Waals surface area (Å²) >= 11 is 1.27. The van der Waals surface area contributed by atoms with E-state index in [1.165, 1.54) is 30.8 Å². The average Bonchev–Trinajstić information content (AvgIpc) is 2.43. The second-order valence-electron chi connectivity index (χ2n) is 4.01. The maximum atomic E-state index is 8.91. The number of nitrogen functional groups attached to an aromatic ring is 1. The van der Waals surface area contributed by atoms with Crippen LogP contribution in [0.5, 0.6) is 0 Å². The van der Waals surface area contributed by atoms with Gasteiger partial charge in [-0.15, -0.1) is 0 Å². The SMILES string of the molecule is CC(Nc1snc(N)c1C#N)C1CCC1. The van der Waals surface area contributed by atoms with Gasteiger partial charge in [-0.2, -0.15) is 9.64 Å². The van der Waals surface area contributed by atoms with Crippen LogP contribution in [0.1, 0.15) is 31.7 Å². The van der Waals surface area contributed by atoms with Crippen LogP contribution in [0.4, 0.5) is 10.8 Å². The molecular formula is C10H14N4S. The molecule has 5 heteroatoms. The van der Waals surface area contributed by atoms with Gasteiger partial charge in [-0.1, -0.05) is 6.42 Å². The number of nitrogens with one attached hydrogen (secondary N) is 1. The Hall–Kier alpha value is -1.28. The van der Waals surface area contributed by atoms with Gasteiger partial charge >= 0.3 is 0 Å².